The first-order valence-corrected chi connectivity index (χ1v) is 12.1. The average molecular weight is 485 g/mol. The zero-order chi connectivity index (χ0) is 25.2. The number of imidazole rings is 1. The topological polar surface area (TPSA) is 116 Å². The van der Waals surface area contributed by atoms with Gasteiger partial charge in [0.15, 0.2) is 17.0 Å². The van der Waals surface area contributed by atoms with E-state index in [0.29, 0.717) is 42.9 Å². The van der Waals surface area contributed by atoms with E-state index in [-0.39, 0.29) is 11.2 Å². The van der Waals surface area contributed by atoms with Gasteiger partial charge in [0.05, 0.1) is 0 Å². The average Bonchev–Trinajstić information content (AvgIpc) is 3.55. The molecule has 5 aromatic rings. The molecule has 0 atom stereocenters. The van der Waals surface area contributed by atoms with E-state index in [2.05, 4.69) is 51.8 Å². The number of aromatic nitrogens is 8. The number of tetrazole rings is 1. The molecule has 0 aliphatic rings. The number of aromatic amines is 1. The Bertz CT molecular complexity index is 1630. The fraction of sp³-hybridized carbons (Fsp3) is 0.308. The Morgan fingerprint density at radius 2 is 1.67 bits per heavy atom. The molecule has 0 unspecified atom stereocenters. The van der Waals surface area contributed by atoms with Crippen LogP contribution < -0.4 is 11.2 Å². The van der Waals surface area contributed by atoms with Gasteiger partial charge in [-0.05, 0) is 40.0 Å². The second kappa shape index (κ2) is 9.73. The van der Waals surface area contributed by atoms with Crippen LogP contribution in [0.15, 0.2) is 58.1 Å². The van der Waals surface area contributed by atoms with Gasteiger partial charge < -0.3 is 4.57 Å². The minimum Gasteiger partial charge on any atom is -0.318 e. The van der Waals surface area contributed by atoms with E-state index in [1.165, 1.54) is 9.13 Å². The van der Waals surface area contributed by atoms with Gasteiger partial charge in [0, 0.05) is 32.1 Å². The molecule has 3 aromatic heterocycles. The Hall–Kier alpha value is -4.34. The Morgan fingerprint density at radius 3 is 2.33 bits per heavy atom. The van der Waals surface area contributed by atoms with Gasteiger partial charge >= 0.3 is 5.69 Å². The summed E-state index contributed by atoms with van der Waals surface area (Å²) in [5.74, 6) is 1.42. The summed E-state index contributed by atoms with van der Waals surface area (Å²) < 4.78 is 4.77. The molecule has 0 amide bonds. The van der Waals surface area contributed by atoms with E-state index in [1.54, 1.807) is 7.05 Å². The fourth-order valence-electron chi connectivity index (χ4n) is 4.61. The first kappa shape index (κ1) is 23.4. The molecule has 0 saturated heterocycles. The molecular formula is C26H28N8O2. The van der Waals surface area contributed by atoms with Crippen LogP contribution in [0.5, 0.6) is 0 Å². The maximum absolute atomic E-state index is 13.4. The normalized spacial score (nSPS) is 11.4. The van der Waals surface area contributed by atoms with Crippen molar-refractivity contribution in [2.45, 2.75) is 46.2 Å². The number of nitrogens with one attached hydrogen (secondary N) is 1. The van der Waals surface area contributed by atoms with E-state index in [0.717, 1.165) is 34.5 Å². The predicted octanol–water partition coefficient (Wildman–Crippen LogP) is 3.15. The van der Waals surface area contributed by atoms with Crippen LogP contribution in [0.3, 0.4) is 0 Å². The van der Waals surface area contributed by atoms with Gasteiger partial charge in [-0.3, -0.25) is 13.9 Å². The number of fused-ring (bicyclic) bond motifs is 1. The van der Waals surface area contributed by atoms with Crippen molar-refractivity contribution in [3.8, 4) is 22.5 Å². The molecule has 0 bridgehead atoms. The highest BCUT2D eigenvalue weighted by Crippen LogP contribution is 2.30. The van der Waals surface area contributed by atoms with Crippen LogP contribution in [0.2, 0.25) is 0 Å². The maximum atomic E-state index is 13.4. The zero-order valence-electron chi connectivity index (χ0n) is 20.6. The molecule has 10 heteroatoms. The monoisotopic (exact) mass is 484 g/mol. The molecule has 184 valence electrons. The minimum absolute atomic E-state index is 0.281. The van der Waals surface area contributed by atoms with Gasteiger partial charge in [0.25, 0.3) is 5.56 Å². The van der Waals surface area contributed by atoms with Crippen molar-refractivity contribution in [3.63, 3.8) is 0 Å². The van der Waals surface area contributed by atoms with Crippen molar-refractivity contribution in [3.05, 3.63) is 80.8 Å². The number of hydrogen-bond acceptors (Lipinski definition) is 6. The summed E-state index contributed by atoms with van der Waals surface area (Å²) in [7, 11) is 1.68. The summed E-state index contributed by atoms with van der Waals surface area (Å²) in [6.45, 7) is 4.90. The molecule has 0 aliphatic heterocycles. The van der Waals surface area contributed by atoms with Gasteiger partial charge in [-0.1, -0.05) is 62.4 Å². The first-order chi connectivity index (χ1) is 17.5. The molecule has 0 spiro atoms. The number of rotatable bonds is 8. The number of H-pyrrole nitrogens is 1. The molecule has 2 aromatic carbocycles. The van der Waals surface area contributed by atoms with Gasteiger partial charge in [0.1, 0.15) is 5.82 Å². The number of nitrogens with zero attached hydrogens (tertiary/aromatic N) is 7. The predicted molar refractivity (Wildman–Crippen MR) is 138 cm³/mol. The number of hydrogen-bond donors (Lipinski definition) is 1. The van der Waals surface area contributed by atoms with Crippen molar-refractivity contribution in [1.29, 1.82) is 0 Å². The highest BCUT2D eigenvalue weighted by molar-refractivity contribution is 5.80. The van der Waals surface area contributed by atoms with Crippen molar-refractivity contribution in [1.82, 2.24) is 39.3 Å². The molecule has 0 radical (unpaired) electrons. The standard InChI is InChI=1S/C26H28N8O2/c1-4-8-21-27-24-22(25(35)33(15-5-2)26(36)32(24)3)34(21)16-17-11-13-18(14-12-17)19-9-6-7-10-20(19)23-28-30-31-29-23/h6-7,9-14H,4-5,8,15-16H2,1-3H3,(H,28,29,30,31). The summed E-state index contributed by atoms with van der Waals surface area (Å²) >= 11 is 0. The van der Waals surface area contributed by atoms with E-state index < -0.39 is 0 Å². The van der Waals surface area contributed by atoms with Crippen LogP contribution >= 0.6 is 0 Å². The lowest BCUT2D eigenvalue weighted by Crippen LogP contribution is -2.39. The van der Waals surface area contributed by atoms with Crippen molar-refractivity contribution in [2.24, 2.45) is 7.05 Å². The SMILES string of the molecule is CCCc1nc2c(c(=O)n(CCC)c(=O)n2C)n1Cc1ccc(-c2ccccc2-c2nnn[nH]2)cc1. The minimum atomic E-state index is -0.327. The molecule has 0 fully saturated rings. The Kier molecular flexibility index (Phi) is 6.32. The van der Waals surface area contributed by atoms with Gasteiger partial charge in [-0.2, -0.15) is 0 Å². The van der Waals surface area contributed by atoms with Crippen molar-refractivity contribution >= 4 is 11.2 Å². The molecule has 10 nitrogen and oxygen atoms in total. The lowest BCUT2D eigenvalue weighted by molar-refractivity contribution is 0.590. The lowest BCUT2D eigenvalue weighted by atomic mass is 9.98. The third-order valence-electron chi connectivity index (χ3n) is 6.37. The first-order valence-electron chi connectivity index (χ1n) is 12.1. The maximum Gasteiger partial charge on any atom is 0.332 e. The molecule has 0 aliphatic carbocycles. The third kappa shape index (κ3) is 4.04. The van der Waals surface area contributed by atoms with Gasteiger partial charge in [-0.25, -0.2) is 14.9 Å². The fourth-order valence-corrected chi connectivity index (χ4v) is 4.61. The van der Waals surface area contributed by atoms with E-state index in [1.807, 2.05) is 35.8 Å². The largest absolute Gasteiger partial charge is 0.332 e. The van der Waals surface area contributed by atoms with Gasteiger partial charge in [-0.15, -0.1) is 5.10 Å². The summed E-state index contributed by atoms with van der Waals surface area (Å²) in [5.41, 5.74) is 4.29. The summed E-state index contributed by atoms with van der Waals surface area (Å²) in [5, 5.41) is 14.3. The highest BCUT2D eigenvalue weighted by Gasteiger charge is 2.20. The Morgan fingerprint density at radius 1 is 0.917 bits per heavy atom. The van der Waals surface area contributed by atoms with E-state index >= 15 is 0 Å². The number of aryl methyl sites for hydroxylation is 2. The number of benzene rings is 2. The summed E-state index contributed by atoms with van der Waals surface area (Å²) in [6.07, 6.45) is 2.29. The van der Waals surface area contributed by atoms with Crippen LogP contribution in [-0.4, -0.2) is 39.3 Å². The van der Waals surface area contributed by atoms with Crippen LogP contribution in [0, 0.1) is 0 Å². The van der Waals surface area contributed by atoms with E-state index in [9.17, 15) is 9.59 Å². The summed E-state index contributed by atoms with van der Waals surface area (Å²) in [6, 6.07) is 16.2. The zero-order valence-corrected chi connectivity index (χ0v) is 20.6. The quantitative estimate of drug-likeness (QED) is 0.362. The van der Waals surface area contributed by atoms with Crippen LogP contribution in [0.1, 0.15) is 38.1 Å². The van der Waals surface area contributed by atoms with E-state index in [4.69, 9.17) is 4.98 Å². The smallest absolute Gasteiger partial charge is 0.318 e. The third-order valence-corrected chi connectivity index (χ3v) is 6.37. The lowest BCUT2D eigenvalue weighted by Gasteiger charge is -2.12. The summed E-state index contributed by atoms with van der Waals surface area (Å²) in [4.78, 5) is 30.9. The molecular weight excluding hydrogens is 456 g/mol. The van der Waals surface area contributed by atoms with Crippen LogP contribution in [-0.2, 0) is 26.6 Å². The second-order valence-corrected chi connectivity index (χ2v) is 8.83. The molecule has 36 heavy (non-hydrogen) atoms. The molecule has 3 heterocycles. The molecule has 5 rings (SSSR count). The van der Waals surface area contributed by atoms with Crippen molar-refractivity contribution < 1.29 is 0 Å². The van der Waals surface area contributed by atoms with Gasteiger partial charge in [0.2, 0.25) is 0 Å². The Labute approximate surface area is 207 Å². The van der Waals surface area contributed by atoms with Crippen LogP contribution in [0.4, 0.5) is 0 Å². The molecule has 0 saturated carbocycles. The highest BCUT2D eigenvalue weighted by atomic mass is 16.2. The Balaban J connectivity index is 1.57. The van der Waals surface area contributed by atoms with Crippen molar-refractivity contribution in [2.75, 3.05) is 0 Å². The molecule has 1 N–H and O–H groups in total. The second-order valence-electron chi connectivity index (χ2n) is 8.83. The van der Waals surface area contributed by atoms with Crippen LogP contribution in [0.25, 0.3) is 33.7 Å².